The quantitative estimate of drug-likeness (QED) is 0.742. The van der Waals surface area contributed by atoms with Gasteiger partial charge in [0.25, 0.3) is 0 Å². The smallest absolute Gasteiger partial charge is 0.143 e. The average Bonchev–Trinajstić information content (AvgIpc) is 2.89. The van der Waals surface area contributed by atoms with Gasteiger partial charge in [0, 0.05) is 17.2 Å². The number of aryl methyl sites for hydroxylation is 1. The molecule has 0 aliphatic heterocycles. The van der Waals surface area contributed by atoms with Crippen LogP contribution in [0.2, 0.25) is 0 Å². The lowest BCUT2D eigenvalue weighted by atomic mass is 9.98. The van der Waals surface area contributed by atoms with Crippen molar-refractivity contribution in [1.82, 2.24) is 5.32 Å². The predicted molar refractivity (Wildman–Crippen MR) is 82.2 cm³/mol. The summed E-state index contributed by atoms with van der Waals surface area (Å²) in [7, 11) is 0. The lowest BCUT2D eigenvalue weighted by Gasteiger charge is -2.19. The topological polar surface area (TPSA) is 25.2 Å². The summed E-state index contributed by atoms with van der Waals surface area (Å²) in [6.45, 7) is 4.67. The first kappa shape index (κ1) is 16.2. The predicted octanol–water partition coefficient (Wildman–Crippen LogP) is 4.91. The molecule has 0 bridgehead atoms. The molecule has 1 heterocycles. The lowest BCUT2D eigenvalue weighted by Crippen LogP contribution is -2.25. The Bertz CT molecular complexity index is 612. The Morgan fingerprint density at radius 1 is 1.29 bits per heavy atom. The highest BCUT2D eigenvalue weighted by Crippen LogP contribution is 2.28. The fraction of sp³-hybridized carbons (Fsp3) is 0.375. The number of halogens is 3. The lowest BCUT2D eigenvalue weighted by molar-refractivity contribution is 0.473. The molecular formula is C16H18BrF2NO. The van der Waals surface area contributed by atoms with E-state index in [2.05, 4.69) is 21.2 Å². The molecule has 2 aromatic rings. The maximum atomic E-state index is 14.1. The zero-order chi connectivity index (χ0) is 15.4. The van der Waals surface area contributed by atoms with Crippen LogP contribution < -0.4 is 5.32 Å². The minimum Gasteiger partial charge on any atom is -0.469 e. The van der Waals surface area contributed by atoms with Crippen LogP contribution >= 0.6 is 15.9 Å². The average molecular weight is 358 g/mol. The normalized spacial score (nSPS) is 12.6. The summed E-state index contributed by atoms with van der Waals surface area (Å²) in [5.74, 6) is -0.306. The molecule has 0 saturated carbocycles. The third-order valence-electron chi connectivity index (χ3n) is 3.46. The highest BCUT2D eigenvalue weighted by Gasteiger charge is 2.21. The van der Waals surface area contributed by atoms with Gasteiger partial charge in [0.1, 0.15) is 17.4 Å². The summed E-state index contributed by atoms with van der Waals surface area (Å²) in [6, 6.07) is 4.33. The largest absolute Gasteiger partial charge is 0.469 e. The molecule has 2 rings (SSSR count). The van der Waals surface area contributed by atoms with E-state index in [1.807, 2.05) is 19.9 Å². The van der Waals surface area contributed by atoms with Gasteiger partial charge < -0.3 is 9.73 Å². The standard InChI is InChI=1S/C16H18BrF2NO/c1-3-7-20-15(11-6-8-21-10(11)2)9-12-14(18)5-4-13(17)16(12)19/h4-6,8,15,20H,3,7,9H2,1-2H3. The maximum Gasteiger partial charge on any atom is 0.143 e. The molecule has 2 nitrogen and oxygen atoms in total. The van der Waals surface area contributed by atoms with Gasteiger partial charge >= 0.3 is 0 Å². The maximum absolute atomic E-state index is 14.1. The van der Waals surface area contributed by atoms with E-state index in [-0.39, 0.29) is 22.5 Å². The second kappa shape index (κ2) is 7.18. The second-order valence-corrected chi connectivity index (χ2v) is 5.82. The Morgan fingerprint density at radius 2 is 2.05 bits per heavy atom. The number of benzene rings is 1. The zero-order valence-corrected chi connectivity index (χ0v) is 13.6. The number of hydrogen-bond acceptors (Lipinski definition) is 2. The summed E-state index contributed by atoms with van der Waals surface area (Å²) in [5.41, 5.74) is 1.01. The van der Waals surface area contributed by atoms with Crippen LogP contribution in [0, 0.1) is 18.6 Å². The summed E-state index contributed by atoms with van der Waals surface area (Å²) in [6.07, 6.45) is 2.77. The molecule has 114 valence electrons. The summed E-state index contributed by atoms with van der Waals surface area (Å²) in [5, 5.41) is 3.33. The third kappa shape index (κ3) is 3.71. The van der Waals surface area contributed by atoms with E-state index in [4.69, 9.17) is 4.42 Å². The van der Waals surface area contributed by atoms with Gasteiger partial charge in [-0.15, -0.1) is 0 Å². The van der Waals surface area contributed by atoms with Crippen molar-refractivity contribution in [1.29, 1.82) is 0 Å². The van der Waals surface area contributed by atoms with E-state index in [1.165, 1.54) is 12.1 Å². The first-order valence-corrected chi connectivity index (χ1v) is 7.73. The molecule has 0 amide bonds. The fourth-order valence-corrected chi connectivity index (χ4v) is 2.70. The minimum atomic E-state index is -0.542. The highest BCUT2D eigenvalue weighted by molar-refractivity contribution is 9.10. The number of rotatable bonds is 6. The molecule has 1 atom stereocenters. The second-order valence-electron chi connectivity index (χ2n) is 4.96. The Labute approximate surface area is 131 Å². The molecule has 0 spiro atoms. The molecule has 0 radical (unpaired) electrons. The van der Waals surface area contributed by atoms with Crippen molar-refractivity contribution in [3.63, 3.8) is 0 Å². The van der Waals surface area contributed by atoms with Crippen LogP contribution in [0.25, 0.3) is 0 Å². The van der Waals surface area contributed by atoms with Gasteiger partial charge in [0.15, 0.2) is 0 Å². The van der Waals surface area contributed by atoms with Crippen molar-refractivity contribution in [2.75, 3.05) is 6.54 Å². The summed E-state index contributed by atoms with van der Waals surface area (Å²) < 4.78 is 33.7. The van der Waals surface area contributed by atoms with Crippen molar-refractivity contribution in [2.24, 2.45) is 0 Å². The van der Waals surface area contributed by atoms with Gasteiger partial charge in [-0.05, 0) is 60.4 Å². The minimum absolute atomic E-state index is 0.0820. The molecule has 0 aliphatic rings. The summed E-state index contributed by atoms with van der Waals surface area (Å²) in [4.78, 5) is 0. The van der Waals surface area contributed by atoms with Gasteiger partial charge in [0.2, 0.25) is 0 Å². The highest BCUT2D eigenvalue weighted by atomic mass is 79.9. The molecule has 1 aromatic heterocycles. The molecular weight excluding hydrogens is 340 g/mol. The third-order valence-corrected chi connectivity index (χ3v) is 4.07. The van der Waals surface area contributed by atoms with E-state index in [1.54, 1.807) is 6.26 Å². The van der Waals surface area contributed by atoms with Gasteiger partial charge in [0.05, 0.1) is 10.7 Å². The number of hydrogen-bond donors (Lipinski definition) is 1. The molecule has 1 aromatic carbocycles. The fourth-order valence-electron chi connectivity index (χ4n) is 2.33. The van der Waals surface area contributed by atoms with Crippen molar-refractivity contribution in [3.8, 4) is 0 Å². The summed E-state index contributed by atoms with van der Waals surface area (Å²) >= 11 is 3.11. The van der Waals surface area contributed by atoms with Crippen LogP contribution in [0.3, 0.4) is 0 Å². The van der Waals surface area contributed by atoms with Crippen molar-refractivity contribution in [3.05, 3.63) is 57.5 Å². The Morgan fingerprint density at radius 3 is 2.67 bits per heavy atom. The monoisotopic (exact) mass is 357 g/mol. The van der Waals surface area contributed by atoms with Crippen LogP contribution in [-0.4, -0.2) is 6.54 Å². The van der Waals surface area contributed by atoms with E-state index >= 15 is 0 Å². The Balaban J connectivity index is 2.32. The van der Waals surface area contributed by atoms with Gasteiger partial charge in [-0.1, -0.05) is 6.92 Å². The molecule has 0 fully saturated rings. The first-order chi connectivity index (χ1) is 10.0. The van der Waals surface area contributed by atoms with Crippen molar-refractivity contribution >= 4 is 15.9 Å². The Hall–Kier alpha value is -1.20. The van der Waals surface area contributed by atoms with Crippen LogP contribution in [0.4, 0.5) is 8.78 Å². The molecule has 1 unspecified atom stereocenters. The van der Waals surface area contributed by atoms with Crippen LogP contribution in [-0.2, 0) is 6.42 Å². The van der Waals surface area contributed by atoms with E-state index in [9.17, 15) is 8.78 Å². The molecule has 21 heavy (non-hydrogen) atoms. The van der Waals surface area contributed by atoms with Crippen molar-refractivity contribution in [2.45, 2.75) is 32.7 Å². The first-order valence-electron chi connectivity index (χ1n) is 6.94. The van der Waals surface area contributed by atoms with Crippen LogP contribution in [0.5, 0.6) is 0 Å². The van der Waals surface area contributed by atoms with Gasteiger partial charge in [-0.25, -0.2) is 8.78 Å². The Kier molecular flexibility index (Phi) is 5.53. The van der Waals surface area contributed by atoms with Crippen LogP contribution in [0.15, 0.2) is 33.4 Å². The van der Waals surface area contributed by atoms with E-state index in [0.717, 1.165) is 24.3 Å². The molecule has 1 N–H and O–H groups in total. The SMILES string of the molecule is CCCNC(Cc1c(F)ccc(Br)c1F)c1ccoc1C. The zero-order valence-electron chi connectivity index (χ0n) is 12.1. The van der Waals surface area contributed by atoms with Gasteiger partial charge in [-0.3, -0.25) is 0 Å². The number of furan rings is 1. The molecule has 0 saturated heterocycles. The number of nitrogens with one attached hydrogen (secondary N) is 1. The van der Waals surface area contributed by atoms with Crippen molar-refractivity contribution < 1.29 is 13.2 Å². The molecule has 5 heteroatoms. The van der Waals surface area contributed by atoms with E-state index in [0.29, 0.717) is 0 Å². The van der Waals surface area contributed by atoms with Crippen LogP contribution in [0.1, 0.15) is 36.3 Å². The van der Waals surface area contributed by atoms with Gasteiger partial charge in [-0.2, -0.15) is 0 Å². The van der Waals surface area contributed by atoms with E-state index < -0.39 is 11.6 Å². The molecule has 0 aliphatic carbocycles.